The Labute approximate surface area is 165 Å². The second-order valence-electron chi connectivity index (χ2n) is 8.16. The Morgan fingerprint density at radius 3 is 2.48 bits per heavy atom. The summed E-state index contributed by atoms with van der Waals surface area (Å²) >= 11 is 6.28. The monoisotopic (exact) mass is 394 g/mol. The molecule has 1 aromatic carbocycles. The molecule has 1 N–H and O–H groups in total. The second kappa shape index (κ2) is 7.15. The quantitative estimate of drug-likeness (QED) is 0.849. The van der Waals surface area contributed by atoms with E-state index in [0.717, 1.165) is 58.4 Å². The van der Waals surface area contributed by atoms with Crippen molar-refractivity contribution >= 4 is 17.6 Å². The van der Waals surface area contributed by atoms with Crippen molar-refractivity contribution in [2.45, 2.75) is 38.4 Å². The lowest BCUT2D eigenvalue weighted by atomic mass is 9.84. The molecule has 4 rings (SSSR count). The summed E-state index contributed by atoms with van der Waals surface area (Å²) in [4.78, 5) is 16.4. The van der Waals surface area contributed by atoms with Crippen LogP contribution in [0.4, 0.5) is 0 Å². The fourth-order valence-corrected chi connectivity index (χ4v) is 4.67. The van der Waals surface area contributed by atoms with E-state index in [1.54, 1.807) is 6.92 Å². The van der Waals surface area contributed by atoms with Gasteiger partial charge in [-0.15, -0.1) is 0 Å². The van der Waals surface area contributed by atoms with E-state index in [1.807, 2.05) is 0 Å². The molecule has 1 saturated heterocycles. The van der Waals surface area contributed by atoms with Crippen LogP contribution in [0.25, 0.3) is 0 Å². The van der Waals surface area contributed by atoms with Crippen LogP contribution in [0.15, 0.2) is 6.07 Å². The van der Waals surface area contributed by atoms with Gasteiger partial charge in [-0.3, -0.25) is 0 Å². The van der Waals surface area contributed by atoms with Gasteiger partial charge in [-0.2, -0.15) is 0 Å². The molecule has 0 amide bonds. The molecule has 3 aliphatic rings. The van der Waals surface area contributed by atoms with Crippen LogP contribution in [-0.4, -0.2) is 66.4 Å². The highest BCUT2D eigenvalue weighted by molar-refractivity contribution is 6.32. The first kappa shape index (κ1) is 18.8. The molecule has 6 nitrogen and oxygen atoms in total. The summed E-state index contributed by atoms with van der Waals surface area (Å²) < 4.78 is 12.4. The molecule has 0 unspecified atom stereocenters. The van der Waals surface area contributed by atoms with Gasteiger partial charge in [-0.1, -0.05) is 11.6 Å². The van der Waals surface area contributed by atoms with E-state index in [1.165, 1.54) is 6.07 Å². The number of carboxylic acid groups (broad SMARTS) is 1. The van der Waals surface area contributed by atoms with Crippen molar-refractivity contribution in [3.05, 3.63) is 22.2 Å². The normalized spacial score (nSPS) is 28.6. The number of hydrogen-bond acceptors (Lipinski definition) is 5. The summed E-state index contributed by atoms with van der Waals surface area (Å²) in [6.45, 7) is 7.45. The van der Waals surface area contributed by atoms with Crippen LogP contribution >= 0.6 is 11.6 Å². The second-order valence-corrected chi connectivity index (χ2v) is 8.56. The Morgan fingerprint density at radius 1 is 1.22 bits per heavy atom. The van der Waals surface area contributed by atoms with Gasteiger partial charge in [0, 0.05) is 51.1 Å². The van der Waals surface area contributed by atoms with Crippen LogP contribution < -0.4 is 9.47 Å². The van der Waals surface area contributed by atoms with Gasteiger partial charge in [-0.05, 0) is 38.8 Å². The minimum atomic E-state index is -1.00. The molecule has 148 valence electrons. The standard InChI is InChI=1S/C20H27ClN2O4/c1-13-15(19(24)25)11-16(21)18-17(13)26-20(27-18)5-3-14(4-6-20)12-23-9-7-22(2)8-10-23/h11,14H,3-10,12H2,1-2H3,(H,24,25). The van der Waals surface area contributed by atoms with Gasteiger partial charge in [0.25, 0.3) is 5.79 Å². The van der Waals surface area contributed by atoms with E-state index in [-0.39, 0.29) is 5.56 Å². The van der Waals surface area contributed by atoms with Crippen LogP contribution in [0.2, 0.25) is 5.02 Å². The lowest BCUT2D eigenvalue weighted by molar-refractivity contribution is -0.115. The number of ether oxygens (including phenoxy) is 2. The molecule has 2 heterocycles. The minimum Gasteiger partial charge on any atom is -0.478 e. The molecule has 2 aliphatic heterocycles. The summed E-state index contributed by atoms with van der Waals surface area (Å²) in [5.74, 6) is -0.0419. The van der Waals surface area contributed by atoms with E-state index >= 15 is 0 Å². The highest BCUT2D eigenvalue weighted by atomic mass is 35.5. The van der Waals surface area contributed by atoms with Crippen LogP contribution in [0, 0.1) is 12.8 Å². The van der Waals surface area contributed by atoms with Crippen molar-refractivity contribution in [3.63, 3.8) is 0 Å². The average Bonchev–Trinajstić information content (AvgIpc) is 3.02. The zero-order valence-corrected chi connectivity index (χ0v) is 16.7. The largest absolute Gasteiger partial charge is 0.478 e. The highest BCUT2D eigenvalue weighted by Gasteiger charge is 2.46. The Hall–Kier alpha value is -1.50. The Balaban J connectivity index is 1.41. The fraction of sp³-hybridized carbons (Fsp3) is 0.650. The lowest BCUT2D eigenvalue weighted by Crippen LogP contribution is -2.48. The molecule has 1 spiro atoms. The van der Waals surface area contributed by atoms with Gasteiger partial charge in [0.15, 0.2) is 11.5 Å². The predicted octanol–water partition coefficient (Wildman–Crippen LogP) is 3.25. The number of likely N-dealkylation sites (N-methyl/N-ethyl adjacent to an activating group) is 1. The molecule has 1 saturated carbocycles. The SMILES string of the molecule is Cc1c(C(=O)O)cc(Cl)c2c1OC1(CCC(CN3CCN(C)CC3)CC1)O2. The molecule has 1 aliphatic carbocycles. The van der Waals surface area contributed by atoms with Gasteiger partial charge >= 0.3 is 5.97 Å². The molecular formula is C20H27ClN2O4. The molecule has 7 heteroatoms. The molecular weight excluding hydrogens is 368 g/mol. The molecule has 0 radical (unpaired) electrons. The first-order valence-electron chi connectivity index (χ1n) is 9.72. The van der Waals surface area contributed by atoms with Gasteiger partial charge < -0.3 is 24.4 Å². The molecule has 0 atom stereocenters. The number of fused-ring (bicyclic) bond motifs is 1. The van der Waals surface area contributed by atoms with Crippen LogP contribution in [0.1, 0.15) is 41.6 Å². The van der Waals surface area contributed by atoms with Crippen LogP contribution in [0.3, 0.4) is 0 Å². The number of benzene rings is 1. The molecule has 27 heavy (non-hydrogen) atoms. The first-order chi connectivity index (χ1) is 12.9. The Bertz CT molecular complexity index is 738. The van der Waals surface area contributed by atoms with Crippen molar-refractivity contribution in [3.8, 4) is 11.5 Å². The van der Waals surface area contributed by atoms with Crippen molar-refractivity contribution < 1.29 is 19.4 Å². The van der Waals surface area contributed by atoms with Crippen molar-refractivity contribution in [2.75, 3.05) is 39.8 Å². The number of hydrogen-bond donors (Lipinski definition) is 1. The van der Waals surface area contributed by atoms with Gasteiger partial charge in [0.2, 0.25) is 0 Å². The highest BCUT2D eigenvalue weighted by Crippen LogP contribution is 2.52. The zero-order chi connectivity index (χ0) is 19.2. The topological polar surface area (TPSA) is 62.2 Å². The van der Waals surface area contributed by atoms with Crippen molar-refractivity contribution in [2.24, 2.45) is 5.92 Å². The maximum atomic E-state index is 11.4. The molecule has 0 aromatic heterocycles. The third-order valence-electron chi connectivity index (χ3n) is 6.22. The number of carbonyl (C=O) groups is 1. The average molecular weight is 395 g/mol. The van der Waals surface area contributed by atoms with Gasteiger partial charge in [0.1, 0.15) is 0 Å². The number of halogens is 1. The zero-order valence-electron chi connectivity index (χ0n) is 16.0. The minimum absolute atomic E-state index is 0.170. The number of carboxylic acids is 1. The summed E-state index contributed by atoms with van der Waals surface area (Å²) in [5.41, 5.74) is 0.751. The maximum Gasteiger partial charge on any atom is 0.336 e. The van der Waals surface area contributed by atoms with Gasteiger partial charge in [0.05, 0.1) is 10.6 Å². The molecule has 1 aromatic rings. The third-order valence-corrected chi connectivity index (χ3v) is 6.51. The smallest absolute Gasteiger partial charge is 0.336 e. The summed E-state index contributed by atoms with van der Waals surface area (Å²) in [7, 11) is 2.18. The van der Waals surface area contributed by atoms with Crippen molar-refractivity contribution in [1.29, 1.82) is 0 Å². The number of aromatic carboxylic acids is 1. The number of nitrogens with zero attached hydrogens (tertiary/aromatic N) is 2. The van der Waals surface area contributed by atoms with E-state index in [2.05, 4.69) is 16.8 Å². The summed E-state index contributed by atoms with van der Waals surface area (Å²) in [6.07, 6.45) is 3.70. The van der Waals surface area contributed by atoms with E-state index in [0.29, 0.717) is 28.0 Å². The predicted molar refractivity (Wildman–Crippen MR) is 103 cm³/mol. The Morgan fingerprint density at radius 2 is 1.85 bits per heavy atom. The summed E-state index contributed by atoms with van der Waals surface area (Å²) in [5, 5.41) is 9.68. The number of rotatable bonds is 3. The lowest BCUT2D eigenvalue weighted by Gasteiger charge is -2.39. The third kappa shape index (κ3) is 3.62. The van der Waals surface area contributed by atoms with E-state index in [4.69, 9.17) is 21.1 Å². The van der Waals surface area contributed by atoms with Crippen LogP contribution in [-0.2, 0) is 0 Å². The number of piperazine rings is 1. The van der Waals surface area contributed by atoms with Crippen molar-refractivity contribution in [1.82, 2.24) is 9.80 Å². The summed E-state index contributed by atoms with van der Waals surface area (Å²) in [6, 6.07) is 1.46. The van der Waals surface area contributed by atoms with E-state index < -0.39 is 11.8 Å². The maximum absolute atomic E-state index is 11.4. The van der Waals surface area contributed by atoms with Gasteiger partial charge in [-0.25, -0.2) is 4.79 Å². The first-order valence-corrected chi connectivity index (χ1v) is 10.1. The van der Waals surface area contributed by atoms with Crippen LogP contribution in [0.5, 0.6) is 11.5 Å². The van der Waals surface area contributed by atoms with E-state index in [9.17, 15) is 9.90 Å². The molecule has 2 fully saturated rings. The fourth-order valence-electron chi connectivity index (χ4n) is 4.43. The molecule has 0 bridgehead atoms. The Kier molecular flexibility index (Phi) is 4.99.